The van der Waals surface area contributed by atoms with Crippen molar-refractivity contribution in [2.45, 2.75) is 12.0 Å². The molecule has 1 atom stereocenters. The Morgan fingerprint density at radius 1 is 1.67 bits per heavy atom. The van der Waals surface area contributed by atoms with Crippen molar-refractivity contribution >= 4 is 12.4 Å². The van der Waals surface area contributed by atoms with Crippen molar-refractivity contribution in [1.29, 1.82) is 0 Å². The third-order valence-electron chi connectivity index (χ3n) is 1.54. The molecule has 0 aromatic heterocycles. The highest BCUT2D eigenvalue weighted by Gasteiger charge is 2.28. The van der Waals surface area contributed by atoms with Crippen molar-refractivity contribution in [1.82, 2.24) is 5.32 Å². The Morgan fingerprint density at radius 3 is 2.56 bits per heavy atom. The summed E-state index contributed by atoms with van der Waals surface area (Å²) in [6, 6.07) is 0. The third kappa shape index (κ3) is 2.08. The number of alkyl halides is 1. The highest BCUT2D eigenvalue weighted by molar-refractivity contribution is 5.85. The number of rotatable bonds is 1. The summed E-state index contributed by atoms with van der Waals surface area (Å²) >= 11 is 0. The Bertz CT molecular complexity index is 83.0. The van der Waals surface area contributed by atoms with Gasteiger partial charge in [0.15, 0.2) is 0 Å². The number of halogens is 2. The molecule has 0 radical (unpaired) electrons. The SMILES string of the molecule is Cl.NC1(CF)CCNC1. The van der Waals surface area contributed by atoms with Gasteiger partial charge >= 0.3 is 0 Å². The molecule has 1 aliphatic rings. The summed E-state index contributed by atoms with van der Waals surface area (Å²) in [6.45, 7) is 1.09. The van der Waals surface area contributed by atoms with Crippen LogP contribution in [0, 0.1) is 0 Å². The molecule has 1 fully saturated rings. The molecular weight excluding hydrogens is 143 g/mol. The quantitative estimate of drug-likeness (QED) is 0.561. The summed E-state index contributed by atoms with van der Waals surface area (Å²) in [4.78, 5) is 0. The summed E-state index contributed by atoms with van der Waals surface area (Å²) in [6.07, 6.45) is 0.767. The lowest BCUT2D eigenvalue weighted by Gasteiger charge is -2.16. The Balaban J connectivity index is 0.000000640. The van der Waals surface area contributed by atoms with Gasteiger partial charge in [0, 0.05) is 6.54 Å². The minimum absolute atomic E-state index is 0. The van der Waals surface area contributed by atoms with Crippen LogP contribution in [-0.2, 0) is 0 Å². The zero-order chi connectivity index (χ0) is 6.04. The summed E-state index contributed by atoms with van der Waals surface area (Å²) < 4.78 is 11.9. The highest BCUT2D eigenvalue weighted by Crippen LogP contribution is 2.10. The van der Waals surface area contributed by atoms with E-state index in [0.29, 0.717) is 6.54 Å². The van der Waals surface area contributed by atoms with E-state index >= 15 is 0 Å². The van der Waals surface area contributed by atoms with Gasteiger partial charge < -0.3 is 11.1 Å². The van der Waals surface area contributed by atoms with E-state index < -0.39 is 12.2 Å². The number of nitrogens with one attached hydrogen (secondary N) is 1. The Labute approximate surface area is 60.4 Å². The molecule has 0 aromatic rings. The molecule has 1 heterocycles. The second-order valence-electron chi connectivity index (χ2n) is 2.42. The second kappa shape index (κ2) is 3.34. The molecule has 1 saturated heterocycles. The Hall–Kier alpha value is 0.140. The fourth-order valence-electron chi connectivity index (χ4n) is 0.877. The molecule has 1 unspecified atom stereocenters. The van der Waals surface area contributed by atoms with Gasteiger partial charge in [-0.25, -0.2) is 4.39 Å². The lowest BCUT2D eigenvalue weighted by atomic mass is 10.0. The van der Waals surface area contributed by atoms with Gasteiger partial charge in [-0.05, 0) is 13.0 Å². The standard InChI is InChI=1S/C5H11FN2.ClH/c6-3-5(7)1-2-8-4-5;/h8H,1-4,7H2;1H. The number of nitrogens with two attached hydrogens (primary N) is 1. The van der Waals surface area contributed by atoms with Crippen LogP contribution in [0.3, 0.4) is 0 Å². The molecular formula is C5H12ClFN2. The molecule has 0 amide bonds. The maximum absolute atomic E-state index is 11.9. The van der Waals surface area contributed by atoms with Crippen molar-refractivity contribution in [3.05, 3.63) is 0 Å². The average Bonchev–Trinajstić information content (AvgIpc) is 2.17. The fraction of sp³-hybridized carbons (Fsp3) is 1.00. The van der Waals surface area contributed by atoms with Gasteiger partial charge in [-0.1, -0.05) is 0 Å². The van der Waals surface area contributed by atoms with Gasteiger partial charge in [0.05, 0.1) is 5.54 Å². The first-order valence-electron chi connectivity index (χ1n) is 2.82. The molecule has 0 aliphatic carbocycles. The van der Waals surface area contributed by atoms with Gasteiger partial charge in [0.2, 0.25) is 0 Å². The van der Waals surface area contributed by atoms with Crippen LogP contribution < -0.4 is 11.1 Å². The van der Waals surface area contributed by atoms with Crippen molar-refractivity contribution in [3.63, 3.8) is 0 Å². The molecule has 1 aliphatic heterocycles. The van der Waals surface area contributed by atoms with E-state index in [1.165, 1.54) is 0 Å². The molecule has 0 saturated carbocycles. The summed E-state index contributed by atoms with van der Waals surface area (Å²) in [5.41, 5.74) is 4.98. The van der Waals surface area contributed by atoms with Crippen LogP contribution in [0.2, 0.25) is 0 Å². The van der Waals surface area contributed by atoms with Crippen LogP contribution in [0.4, 0.5) is 4.39 Å². The minimum Gasteiger partial charge on any atom is -0.322 e. The van der Waals surface area contributed by atoms with E-state index in [1.807, 2.05) is 0 Å². The van der Waals surface area contributed by atoms with E-state index in [9.17, 15) is 4.39 Å². The predicted molar refractivity (Wildman–Crippen MR) is 37.6 cm³/mol. The van der Waals surface area contributed by atoms with Crippen molar-refractivity contribution < 1.29 is 4.39 Å². The number of hydrogen-bond acceptors (Lipinski definition) is 2. The normalized spacial score (nSPS) is 34.0. The lowest BCUT2D eigenvalue weighted by Crippen LogP contribution is -2.43. The van der Waals surface area contributed by atoms with E-state index in [1.54, 1.807) is 0 Å². The summed E-state index contributed by atoms with van der Waals surface area (Å²) in [5, 5.41) is 3.00. The van der Waals surface area contributed by atoms with Gasteiger partial charge in [0.25, 0.3) is 0 Å². The molecule has 2 nitrogen and oxygen atoms in total. The number of hydrogen-bond donors (Lipinski definition) is 2. The van der Waals surface area contributed by atoms with E-state index in [-0.39, 0.29) is 12.4 Å². The molecule has 4 heteroatoms. The molecule has 1 rings (SSSR count). The Morgan fingerprint density at radius 2 is 2.33 bits per heavy atom. The predicted octanol–water partition coefficient (Wildman–Crippen LogP) is 0.0685. The van der Waals surface area contributed by atoms with Gasteiger partial charge in [-0.15, -0.1) is 12.4 Å². The van der Waals surface area contributed by atoms with Crippen molar-refractivity contribution in [2.24, 2.45) is 5.73 Å². The maximum atomic E-state index is 11.9. The van der Waals surface area contributed by atoms with Crippen molar-refractivity contribution in [3.8, 4) is 0 Å². The largest absolute Gasteiger partial charge is 0.322 e. The topological polar surface area (TPSA) is 38.0 Å². The first kappa shape index (κ1) is 9.14. The van der Waals surface area contributed by atoms with Crippen LogP contribution in [0.1, 0.15) is 6.42 Å². The second-order valence-corrected chi connectivity index (χ2v) is 2.42. The fourth-order valence-corrected chi connectivity index (χ4v) is 0.877. The Kier molecular flexibility index (Phi) is 3.40. The van der Waals surface area contributed by atoms with Crippen LogP contribution in [0.15, 0.2) is 0 Å². The monoisotopic (exact) mass is 154 g/mol. The summed E-state index contributed by atoms with van der Waals surface area (Å²) in [7, 11) is 0. The molecule has 56 valence electrons. The average molecular weight is 155 g/mol. The van der Waals surface area contributed by atoms with Gasteiger partial charge in [0.1, 0.15) is 6.67 Å². The highest BCUT2D eigenvalue weighted by atomic mass is 35.5. The smallest absolute Gasteiger partial charge is 0.109 e. The molecule has 0 spiro atoms. The van der Waals surface area contributed by atoms with Crippen LogP contribution in [0.5, 0.6) is 0 Å². The zero-order valence-electron chi connectivity index (χ0n) is 5.19. The molecule has 0 aromatic carbocycles. The first-order valence-corrected chi connectivity index (χ1v) is 2.82. The van der Waals surface area contributed by atoms with Gasteiger partial charge in [-0.3, -0.25) is 0 Å². The van der Waals surface area contributed by atoms with Crippen LogP contribution in [0.25, 0.3) is 0 Å². The molecule has 3 N–H and O–H groups in total. The lowest BCUT2D eigenvalue weighted by molar-refractivity contribution is 0.328. The summed E-state index contributed by atoms with van der Waals surface area (Å²) in [5.74, 6) is 0. The molecule has 0 bridgehead atoms. The first-order chi connectivity index (χ1) is 3.77. The minimum atomic E-state index is -0.542. The molecule has 9 heavy (non-hydrogen) atoms. The zero-order valence-corrected chi connectivity index (χ0v) is 6.01. The van der Waals surface area contributed by atoms with E-state index in [2.05, 4.69) is 5.32 Å². The van der Waals surface area contributed by atoms with Gasteiger partial charge in [-0.2, -0.15) is 0 Å². The van der Waals surface area contributed by atoms with Crippen LogP contribution in [-0.4, -0.2) is 25.3 Å². The van der Waals surface area contributed by atoms with E-state index in [4.69, 9.17) is 5.73 Å². The van der Waals surface area contributed by atoms with Crippen LogP contribution >= 0.6 is 12.4 Å². The third-order valence-corrected chi connectivity index (χ3v) is 1.54. The van der Waals surface area contributed by atoms with E-state index in [0.717, 1.165) is 13.0 Å². The maximum Gasteiger partial charge on any atom is 0.109 e. The van der Waals surface area contributed by atoms with Crippen molar-refractivity contribution in [2.75, 3.05) is 19.8 Å².